The summed E-state index contributed by atoms with van der Waals surface area (Å²) in [5.74, 6) is 1.79. The molecule has 110 valence electrons. The average Bonchev–Trinajstić information content (AvgIpc) is 2.91. The molecule has 0 fully saturated rings. The minimum absolute atomic E-state index is 0.676. The van der Waals surface area contributed by atoms with Gasteiger partial charge in [-0.1, -0.05) is 6.07 Å². The molecule has 3 rings (SSSR count). The molecule has 0 saturated heterocycles. The van der Waals surface area contributed by atoms with Gasteiger partial charge in [-0.3, -0.25) is 4.90 Å². The van der Waals surface area contributed by atoms with Crippen molar-refractivity contribution in [2.75, 3.05) is 26.0 Å². The fourth-order valence-electron chi connectivity index (χ4n) is 2.58. The SMILES string of the molecule is COc1ccc2c(c1)CN(CCOc1ccc(N)cc1)C2. The Bertz CT molecular complexity index is 611. The molecule has 21 heavy (non-hydrogen) atoms. The zero-order valence-corrected chi connectivity index (χ0v) is 12.2. The normalized spacial score (nSPS) is 14.0. The predicted octanol–water partition coefficient (Wildman–Crippen LogP) is 2.67. The van der Waals surface area contributed by atoms with Gasteiger partial charge in [0.25, 0.3) is 0 Å². The number of benzene rings is 2. The van der Waals surface area contributed by atoms with E-state index in [1.165, 1.54) is 11.1 Å². The smallest absolute Gasteiger partial charge is 0.119 e. The fraction of sp³-hybridized carbons (Fsp3) is 0.294. The van der Waals surface area contributed by atoms with Gasteiger partial charge in [0.15, 0.2) is 0 Å². The summed E-state index contributed by atoms with van der Waals surface area (Å²) in [7, 11) is 1.70. The van der Waals surface area contributed by atoms with Gasteiger partial charge < -0.3 is 15.2 Å². The molecular weight excluding hydrogens is 264 g/mol. The lowest BCUT2D eigenvalue weighted by atomic mass is 10.1. The maximum atomic E-state index is 5.74. The van der Waals surface area contributed by atoms with Crippen LogP contribution in [0, 0.1) is 0 Å². The van der Waals surface area contributed by atoms with Gasteiger partial charge in [-0.15, -0.1) is 0 Å². The van der Waals surface area contributed by atoms with Gasteiger partial charge in [0, 0.05) is 25.3 Å². The van der Waals surface area contributed by atoms with Crippen molar-refractivity contribution < 1.29 is 9.47 Å². The molecule has 4 nitrogen and oxygen atoms in total. The monoisotopic (exact) mass is 284 g/mol. The highest BCUT2D eigenvalue weighted by atomic mass is 16.5. The molecule has 0 bridgehead atoms. The number of methoxy groups -OCH3 is 1. The minimum Gasteiger partial charge on any atom is -0.497 e. The summed E-state index contributed by atoms with van der Waals surface area (Å²) in [5, 5.41) is 0. The second-order valence-corrected chi connectivity index (χ2v) is 5.26. The van der Waals surface area contributed by atoms with Crippen molar-refractivity contribution in [2.45, 2.75) is 13.1 Å². The van der Waals surface area contributed by atoms with E-state index in [4.69, 9.17) is 15.2 Å². The minimum atomic E-state index is 0.676. The lowest BCUT2D eigenvalue weighted by Gasteiger charge is -2.15. The Balaban J connectivity index is 1.50. The first-order valence-electron chi connectivity index (χ1n) is 7.11. The maximum absolute atomic E-state index is 5.74. The van der Waals surface area contributed by atoms with Crippen LogP contribution in [-0.2, 0) is 13.1 Å². The lowest BCUT2D eigenvalue weighted by Crippen LogP contribution is -2.22. The number of hydrogen-bond donors (Lipinski definition) is 1. The summed E-state index contributed by atoms with van der Waals surface area (Å²) in [5.41, 5.74) is 9.14. The molecule has 1 heterocycles. The van der Waals surface area contributed by atoms with Gasteiger partial charge in [-0.2, -0.15) is 0 Å². The molecule has 0 atom stereocenters. The van der Waals surface area contributed by atoms with Gasteiger partial charge >= 0.3 is 0 Å². The lowest BCUT2D eigenvalue weighted by molar-refractivity contribution is 0.211. The quantitative estimate of drug-likeness (QED) is 0.858. The Hall–Kier alpha value is -2.20. The van der Waals surface area contributed by atoms with Crippen LogP contribution in [0.5, 0.6) is 11.5 Å². The molecule has 0 aliphatic carbocycles. The summed E-state index contributed by atoms with van der Waals surface area (Å²) in [6, 6.07) is 13.8. The standard InChI is InChI=1S/C17H20N2O2/c1-20-17-5-2-13-11-19(12-14(13)10-17)8-9-21-16-6-3-15(18)4-7-16/h2-7,10H,8-9,11-12,18H2,1H3. The molecule has 0 spiro atoms. The molecule has 0 unspecified atom stereocenters. The van der Waals surface area contributed by atoms with E-state index in [1.54, 1.807) is 7.11 Å². The number of rotatable bonds is 5. The summed E-state index contributed by atoms with van der Waals surface area (Å²) in [6.45, 7) is 3.51. The number of hydrogen-bond acceptors (Lipinski definition) is 4. The third-order valence-electron chi connectivity index (χ3n) is 3.76. The van der Waals surface area contributed by atoms with Gasteiger partial charge in [0.2, 0.25) is 0 Å². The zero-order valence-electron chi connectivity index (χ0n) is 12.2. The van der Waals surface area contributed by atoms with Crippen molar-refractivity contribution in [2.24, 2.45) is 0 Å². The van der Waals surface area contributed by atoms with E-state index in [-0.39, 0.29) is 0 Å². The molecule has 2 N–H and O–H groups in total. The van der Waals surface area contributed by atoms with E-state index in [9.17, 15) is 0 Å². The summed E-state index contributed by atoms with van der Waals surface area (Å²) in [4.78, 5) is 2.38. The molecule has 2 aromatic rings. The van der Waals surface area contributed by atoms with Crippen LogP contribution >= 0.6 is 0 Å². The molecule has 4 heteroatoms. The van der Waals surface area contributed by atoms with E-state index in [2.05, 4.69) is 17.0 Å². The first kappa shape index (κ1) is 13.8. The summed E-state index contributed by atoms with van der Waals surface area (Å²) < 4.78 is 11.0. The second-order valence-electron chi connectivity index (χ2n) is 5.26. The molecule has 0 radical (unpaired) electrons. The van der Waals surface area contributed by atoms with E-state index < -0.39 is 0 Å². The first-order valence-corrected chi connectivity index (χ1v) is 7.11. The number of nitrogens with zero attached hydrogens (tertiary/aromatic N) is 1. The highest BCUT2D eigenvalue weighted by Crippen LogP contribution is 2.26. The van der Waals surface area contributed by atoms with Crippen molar-refractivity contribution in [3.8, 4) is 11.5 Å². The fourth-order valence-corrected chi connectivity index (χ4v) is 2.58. The largest absolute Gasteiger partial charge is 0.497 e. The van der Waals surface area contributed by atoms with Crippen LogP contribution in [0.25, 0.3) is 0 Å². The highest BCUT2D eigenvalue weighted by Gasteiger charge is 2.18. The Kier molecular flexibility index (Phi) is 3.97. The van der Waals surface area contributed by atoms with Crippen LogP contribution in [-0.4, -0.2) is 25.2 Å². The van der Waals surface area contributed by atoms with Gasteiger partial charge in [-0.05, 0) is 47.5 Å². The maximum Gasteiger partial charge on any atom is 0.119 e. The van der Waals surface area contributed by atoms with Crippen LogP contribution in [0.1, 0.15) is 11.1 Å². The number of nitrogen functional groups attached to an aromatic ring is 1. The molecule has 2 aromatic carbocycles. The summed E-state index contributed by atoms with van der Waals surface area (Å²) >= 11 is 0. The van der Waals surface area contributed by atoms with E-state index in [0.29, 0.717) is 6.61 Å². The molecular formula is C17H20N2O2. The molecule has 1 aliphatic rings. The molecule has 0 aromatic heterocycles. The first-order chi connectivity index (χ1) is 10.2. The second kappa shape index (κ2) is 6.06. The van der Waals surface area contributed by atoms with Crippen molar-refractivity contribution in [1.82, 2.24) is 4.90 Å². The predicted molar refractivity (Wildman–Crippen MR) is 83.5 cm³/mol. The van der Waals surface area contributed by atoms with Crippen LogP contribution < -0.4 is 15.2 Å². The Morgan fingerprint density at radius 2 is 1.71 bits per heavy atom. The Labute approximate surface area is 125 Å². The molecule has 0 saturated carbocycles. The van der Waals surface area contributed by atoms with Crippen molar-refractivity contribution >= 4 is 5.69 Å². The Morgan fingerprint density at radius 3 is 2.48 bits per heavy atom. The molecule has 0 amide bonds. The topological polar surface area (TPSA) is 47.7 Å². The molecule has 1 aliphatic heterocycles. The van der Waals surface area contributed by atoms with Gasteiger partial charge in [-0.25, -0.2) is 0 Å². The zero-order chi connectivity index (χ0) is 14.7. The van der Waals surface area contributed by atoms with Crippen molar-refractivity contribution in [3.63, 3.8) is 0 Å². The van der Waals surface area contributed by atoms with Crippen molar-refractivity contribution in [3.05, 3.63) is 53.6 Å². The van der Waals surface area contributed by atoms with E-state index in [0.717, 1.165) is 36.8 Å². The van der Waals surface area contributed by atoms with E-state index in [1.807, 2.05) is 30.3 Å². The van der Waals surface area contributed by atoms with Gasteiger partial charge in [0.1, 0.15) is 18.1 Å². The van der Waals surface area contributed by atoms with Crippen LogP contribution in [0.3, 0.4) is 0 Å². The number of anilines is 1. The van der Waals surface area contributed by atoms with Crippen LogP contribution in [0.2, 0.25) is 0 Å². The number of fused-ring (bicyclic) bond motifs is 1. The third-order valence-corrected chi connectivity index (χ3v) is 3.76. The third kappa shape index (κ3) is 3.28. The van der Waals surface area contributed by atoms with Crippen LogP contribution in [0.15, 0.2) is 42.5 Å². The van der Waals surface area contributed by atoms with Crippen molar-refractivity contribution in [1.29, 1.82) is 0 Å². The van der Waals surface area contributed by atoms with Crippen LogP contribution in [0.4, 0.5) is 5.69 Å². The number of ether oxygens (including phenoxy) is 2. The van der Waals surface area contributed by atoms with E-state index >= 15 is 0 Å². The van der Waals surface area contributed by atoms with Gasteiger partial charge in [0.05, 0.1) is 7.11 Å². The average molecular weight is 284 g/mol. The summed E-state index contributed by atoms with van der Waals surface area (Å²) in [6.07, 6.45) is 0. The highest BCUT2D eigenvalue weighted by molar-refractivity contribution is 5.41. The Morgan fingerprint density at radius 1 is 1.00 bits per heavy atom. The number of nitrogens with two attached hydrogens (primary N) is 1.